The van der Waals surface area contributed by atoms with E-state index in [0.29, 0.717) is 36.4 Å². The van der Waals surface area contributed by atoms with Crippen LogP contribution in [0.1, 0.15) is 47.0 Å². The Labute approximate surface area is 275 Å². The van der Waals surface area contributed by atoms with Gasteiger partial charge < -0.3 is 29.5 Å². The number of rotatable bonds is 4. The van der Waals surface area contributed by atoms with Crippen LogP contribution < -0.4 is 5.32 Å². The van der Waals surface area contributed by atoms with Crippen molar-refractivity contribution in [2.75, 3.05) is 27.3 Å². The molecule has 1 aromatic heterocycles. The van der Waals surface area contributed by atoms with Crippen LogP contribution in [-0.4, -0.2) is 93.9 Å². The van der Waals surface area contributed by atoms with Crippen LogP contribution in [0.4, 0.5) is 0 Å². The second kappa shape index (κ2) is 15.7. The number of fused-ring (bicyclic) bond motifs is 2. The zero-order chi connectivity index (χ0) is 33.5. The molecule has 3 aliphatic rings. The van der Waals surface area contributed by atoms with Crippen molar-refractivity contribution in [1.82, 2.24) is 19.8 Å². The lowest BCUT2D eigenvalue weighted by molar-refractivity contribution is -0.120. The van der Waals surface area contributed by atoms with Gasteiger partial charge in [-0.2, -0.15) is 0 Å². The minimum Gasteiger partial charge on any atom is -0.459 e. The summed E-state index contributed by atoms with van der Waals surface area (Å²) in [7, 11) is 3.09. The van der Waals surface area contributed by atoms with E-state index >= 15 is 0 Å². The maximum atomic E-state index is 13.8. The fourth-order valence-corrected chi connectivity index (χ4v) is 6.08. The molecule has 248 valence electrons. The summed E-state index contributed by atoms with van der Waals surface area (Å²) >= 11 is 5.53. The van der Waals surface area contributed by atoms with E-state index in [-0.39, 0.29) is 40.7 Å². The van der Waals surface area contributed by atoms with E-state index in [1.165, 1.54) is 19.5 Å². The zero-order valence-corrected chi connectivity index (χ0v) is 28.1. The van der Waals surface area contributed by atoms with Crippen molar-refractivity contribution in [1.29, 1.82) is 0 Å². The van der Waals surface area contributed by atoms with Gasteiger partial charge in [0.2, 0.25) is 11.6 Å². The van der Waals surface area contributed by atoms with Crippen LogP contribution in [0, 0.1) is 11.8 Å². The quantitative estimate of drug-likeness (QED) is 0.283. The molecule has 1 aromatic rings. The number of hydrogen-bond donors (Lipinski definition) is 2. The Morgan fingerprint density at radius 2 is 1.87 bits per heavy atom. The summed E-state index contributed by atoms with van der Waals surface area (Å²) in [5, 5.41) is 14.3. The third-order valence-electron chi connectivity index (χ3n) is 8.64. The lowest BCUT2D eigenvalue weighted by Gasteiger charge is -2.37. The van der Waals surface area contributed by atoms with Gasteiger partial charge in [0.25, 0.3) is 11.1 Å². The zero-order valence-electron chi connectivity index (χ0n) is 27.3. The predicted molar refractivity (Wildman–Crippen MR) is 176 cm³/mol. The highest BCUT2D eigenvalue weighted by molar-refractivity contribution is 7.80. The molecule has 2 aliphatic heterocycles. The number of thiocarbonyl (C=S) groups is 1. The molecule has 12 heteroatoms. The number of nitrogens with zero attached hydrogens (tertiary/aromatic N) is 3. The molecule has 0 spiro atoms. The Morgan fingerprint density at radius 3 is 2.48 bits per heavy atom. The Morgan fingerprint density at radius 1 is 1.13 bits per heavy atom. The number of aliphatic hydroxyl groups excluding tert-OH is 1. The first-order valence-corrected chi connectivity index (χ1v) is 15.9. The minimum absolute atomic E-state index is 0.0517. The Balaban J connectivity index is 1.73. The second-order valence-electron chi connectivity index (χ2n) is 12.2. The second-order valence-corrected chi connectivity index (χ2v) is 12.5. The van der Waals surface area contributed by atoms with Crippen molar-refractivity contribution in [2.24, 2.45) is 11.8 Å². The molecule has 46 heavy (non-hydrogen) atoms. The van der Waals surface area contributed by atoms with Crippen LogP contribution >= 0.6 is 12.2 Å². The Bertz CT molecular complexity index is 1470. The number of ether oxygens (including phenoxy) is 3. The highest BCUT2D eigenvalue weighted by Crippen LogP contribution is 2.32. The number of carbonyl (C=O) groups excluding carboxylic acids is 3. The Kier molecular flexibility index (Phi) is 12.0. The summed E-state index contributed by atoms with van der Waals surface area (Å²) in [5.74, 6) is -1.68. The molecule has 1 amide bonds. The molecular formula is C34H44N4O7S. The lowest BCUT2D eigenvalue weighted by atomic mass is 9.84. The molecule has 0 unspecified atom stereocenters. The van der Waals surface area contributed by atoms with Gasteiger partial charge in [0.1, 0.15) is 12.4 Å². The minimum atomic E-state index is -0.893. The van der Waals surface area contributed by atoms with Gasteiger partial charge >= 0.3 is 0 Å². The normalized spacial score (nSPS) is 31.6. The molecule has 3 heterocycles. The van der Waals surface area contributed by atoms with Gasteiger partial charge in [0, 0.05) is 62.8 Å². The largest absolute Gasteiger partial charge is 0.459 e. The summed E-state index contributed by atoms with van der Waals surface area (Å²) in [4.78, 5) is 46.2. The topological polar surface area (TPSA) is 132 Å². The van der Waals surface area contributed by atoms with E-state index in [0.717, 1.165) is 12.0 Å². The molecule has 11 nitrogen and oxygen atoms in total. The van der Waals surface area contributed by atoms with Crippen LogP contribution in [0.2, 0.25) is 0 Å². The summed E-state index contributed by atoms with van der Waals surface area (Å²) in [6, 6.07) is 0. The average molecular weight is 653 g/mol. The molecule has 1 fully saturated rings. The number of imidazole rings is 1. The van der Waals surface area contributed by atoms with Gasteiger partial charge in [-0.25, -0.2) is 4.98 Å². The molecule has 0 radical (unpaired) electrons. The van der Waals surface area contributed by atoms with E-state index in [4.69, 9.17) is 26.4 Å². The van der Waals surface area contributed by atoms with Gasteiger partial charge in [0.05, 0.1) is 23.6 Å². The number of nitrogens with one attached hydrogen (secondary N) is 1. The molecule has 6 atom stereocenters. The number of likely N-dealkylation sites (tertiary alicyclic amines) is 1. The molecular weight excluding hydrogens is 608 g/mol. The summed E-state index contributed by atoms with van der Waals surface area (Å²) in [5.41, 5.74) is 1.80. The number of hydrogen-bond acceptors (Lipinski definition) is 10. The fourth-order valence-electron chi connectivity index (χ4n) is 5.87. The smallest absolute Gasteiger partial charge is 0.269 e. The molecule has 4 rings (SSSR count). The van der Waals surface area contributed by atoms with Crippen molar-refractivity contribution in [3.8, 4) is 0 Å². The van der Waals surface area contributed by atoms with E-state index < -0.39 is 30.3 Å². The fraction of sp³-hybridized carbons (Fsp3) is 0.500. The molecule has 1 aliphatic carbocycles. The van der Waals surface area contributed by atoms with Gasteiger partial charge in [-0.1, -0.05) is 38.2 Å². The first kappa shape index (κ1) is 35.1. The van der Waals surface area contributed by atoms with E-state index in [9.17, 15) is 19.5 Å². The highest BCUT2D eigenvalue weighted by Gasteiger charge is 2.36. The molecule has 2 bridgehead atoms. The third kappa shape index (κ3) is 8.16. The first-order chi connectivity index (χ1) is 21.9. The highest BCUT2D eigenvalue weighted by atomic mass is 32.1. The molecule has 1 saturated heterocycles. The van der Waals surface area contributed by atoms with Crippen LogP contribution in [0.25, 0.3) is 0 Å². The van der Waals surface area contributed by atoms with Crippen LogP contribution in [0.5, 0.6) is 0 Å². The number of allylic oxidation sites excluding steroid dienone is 4. The molecule has 2 N–H and O–H groups in total. The van der Waals surface area contributed by atoms with Gasteiger partial charge in [-0.05, 0) is 56.8 Å². The number of carbonyl (C=O) groups is 3. The number of methoxy groups -OCH3 is 2. The summed E-state index contributed by atoms with van der Waals surface area (Å²) in [6.45, 7) is 8.74. The number of Topliss-reactive ketones (excluding diaryl/α,β-unsaturated/α-hetero) is 1. The third-order valence-corrected chi connectivity index (χ3v) is 8.94. The monoisotopic (exact) mass is 652 g/mol. The van der Waals surface area contributed by atoms with Crippen molar-refractivity contribution in [2.45, 2.75) is 71.4 Å². The van der Waals surface area contributed by atoms with Crippen molar-refractivity contribution < 1.29 is 33.7 Å². The van der Waals surface area contributed by atoms with Crippen molar-refractivity contribution in [3.05, 3.63) is 77.2 Å². The van der Waals surface area contributed by atoms with Gasteiger partial charge in [0.15, 0.2) is 6.10 Å². The number of amides is 1. The van der Waals surface area contributed by atoms with Gasteiger partial charge in [-0.15, -0.1) is 0 Å². The number of aromatic nitrogens is 2. The number of ketones is 2. The number of aliphatic hydroxyl groups is 1. The van der Waals surface area contributed by atoms with E-state index in [2.05, 4.69) is 10.3 Å². The SMILES string of the molecule is CO[C@H]1/C=C\C=C(/C)C(=O)NC2=CC(=O)C(N3CCC3)=C(C[C@@H](C)C[C@H](OC)[C@H](O)[C@@H](C)/C=C(\C)[C@@H]1OC(=S)n1ccnc1)C2=O. The Hall–Kier alpha value is -3.71. The maximum Gasteiger partial charge on any atom is 0.269 e. The summed E-state index contributed by atoms with van der Waals surface area (Å²) < 4.78 is 19.4. The lowest BCUT2D eigenvalue weighted by Crippen LogP contribution is -2.43. The van der Waals surface area contributed by atoms with Crippen LogP contribution in [-0.2, 0) is 28.6 Å². The maximum absolute atomic E-state index is 13.8. The molecule has 0 aromatic carbocycles. The van der Waals surface area contributed by atoms with Crippen LogP contribution in [0.3, 0.4) is 0 Å². The predicted octanol–water partition coefficient (Wildman–Crippen LogP) is 3.42. The van der Waals surface area contributed by atoms with Gasteiger partial charge in [-0.3, -0.25) is 19.0 Å². The molecule has 0 saturated carbocycles. The first-order valence-electron chi connectivity index (χ1n) is 15.5. The average Bonchev–Trinajstić information content (AvgIpc) is 3.54. The van der Waals surface area contributed by atoms with E-state index in [1.807, 2.05) is 31.7 Å². The standard InChI is InChI=1S/C34H44N4O7S/c1-20-15-24-29(37-12-8-13-37)26(39)18-25(31(24)41)36-33(42)21(2)9-7-10-27(43-5)32(45-34(46)38-14-11-35-19-38)23(4)17-22(3)30(40)28(16-20)44-6/h7,9-11,14,17-20,22,27-28,30,32,40H,8,12-13,15-16H2,1-6H3,(H,36,42)/b10-7-,21-9+,23-17+/t20-,22+,27+,28+,30-,32+/m1/s1. The van der Waals surface area contributed by atoms with Crippen molar-refractivity contribution >= 4 is 34.9 Å². The van der Waals surface area contributed by atoms with Crippen molar-refractivity contribution in [3.63, 3.8) is 0 Å². The van der Waals surface area contributed by atoms with Crippen LogP contribution in [0.15, 0.2) is 77.2 Å². The summed E-state index contributed by atoms with van der Waals surface area (Å²) in [6.07, 6.45) is 11.8. The van der Waals surface area contributed by atoms with E-state index in [1.54, 1.807) is 49.2 Å².